The number of aliphatic carboxylic acids is 1. The van der Waals surface area contributed by atoms with Crippen LogP contribution in [0.2, 0.25) is 0 Å². The van der Waals surface area contributed by atoms with Crippen LogP contribution in [0.1, 0.15) is 16.8 Å². The summed E-state index contributed by atoms with van der Waals surface area (Å²) in [4.78, 5) is 14.3. The van der Waals surface area contributed by atoms with Gasteiger partial charge in [-0.3, -0.25) is 9.78 Å². The van der Waals surface area contributed by atoms with E-state index in [0.29, 0.717) is 0 Å². The molecule has 0 unspecified atom stereocenters. The summed E-state index contributed by atoms with van der Waals surface area (Å²) in [6.45, 7) is 1.08. The standard InChI is InChI=1S/C10H11F3N2O3/c1-5-4-15-7(2-8(16)17)6(3-14)9(5)18-10(11,12)13/h4H,2-3,14H2,1H3,(H,16,17). The van der Waals surface area contributed by atoms with Gasteiger partial charge < -0.3 is 15.6 Å². The van der Waals surface area contributed by atoms with Crippen molar-refractivity contribution in [3.8, 4) is 5.75 Å². The number of rotatable bonds is 4. The lowest BCUT2D eigenvalue weighted by molar-refractivity contribution is -0.275. The molecule has 1 rings (SSSR count). The van der Waals surface area contributed by atoms with Crippen molar-refractivity contribution in [3.63, 3.8) is 0 Å². The summed E-state index contributed by atoms with van der Waals surface area (Å²) in [7, 11) is 0. The highest BCUT2D eigenvalue weighted by Crippen LogP contribution is 2.30. The number of carbonyl (C=O) groups is 1. The van der Waals surface area contributed by atoms with Crippen molar-refractivity contribution in [1.82, 2.24) is 4.98 Å². The van der Waals surface area contributed by atoms with Gasteiger partial charge in [-0.05, 0) is 6.92 Å². The molecule has 3 N–H and O–H groups in total. The number of hydrogen-bond donors (Lipinski definition) is 2. The summed E-state index contributed by atoms with van der Waals surface area (Å²) in [5, 5.41) is 8.64. The Morgan fingerprint density at radius 2 is 2.17 bits per heavy atom. The molecule has 0 amide bonds. The van der Waals surface area contributed by atoms with Crippen LogP contribution >= 0.6 is 0 Å². The van der Waals surface area contributed by atoms with Crippen LogP contribution in [0, 0.1) is 6.92 Å². The number of aromatic nitrogens is 1. The summed E-state index contributed by atoms with van der Waals surface area (Å²) < 4.78 is 40.6. The van der Waals surface area contributed by atoms with E-state index < -0.39 is 24.5 Å². The van der Waals surface area contributed by atoms with E-state index in [4.69, 9.17) is 10.8 Å². The molecular formula is C10H11F3N2O3. The zero-order valence-corrected chi connectivity index (χ0v) is 9.41. The predicted molar refractivity (Wildman–Crippen MR) is 54.9 cm³/mol. The number of carboxylic acid groups (broad SMARTS) is 1. The van der Waals surface area contributed by atoms with Crippen molar-refractivity contribution >= 4 is 5.97 Å². The molecule has 0 aliphatic rings. The first kappa shape index (κ1) is 14.2. The van der Waals surface area contributed by atoms with E-state index in [1.54, 1.807) is 0 Å². The second kappa shape index (κ2) is 5.21. The molecule has 0 fully saturated rings. The second-order valence-electron chi connectivity index (χ2n) is 3.52. The zero-order valence-electron chi connectivity index (χ0n) is 9.41. The minimum Gasteiger partial charge on any atom is -0.481 e. The third-order valence-electron chi connectivity index (χ3n) is 2.14. The van der Waals surface area contributed by atoms with Crippen molar-refractivity contribution in [1.29, 1.82) is 0 Å². The van der Waals surface area contributed by atoms with Crippen molar-refractivity contribution < 1.29 is 27.8 Å². The first-order valence-electron chi connectivity index (χ1n) is 4.89. The number of pyridine rings is 1. The number of nitrogens with two attached hydrogens (primary N) is 1. The van der Waals surface area contributed by atoms with E-state index in [1.807, 2.05) is 0 Å². The molecular weight excluding hydrogens is 253 g/mol. The highest BCUT2D eigenvalue weighted by Gasteiger charge is 2.33. The van der Waals surface area contributed by atoms with Crippen molar-refractivity contribution in [2.24, 2.45) is 5.73 Å². The van der Waals surface area contributed by atoms with Gasteiger partial charge in [-0.2, -0.15) is 0 Å². The summed E-state index contributed by atoms with van der Waals surface area (Å²) in [5.41, 5.74) is 5.40. The van der Waals surface area contributed by atoms with Gasteiger partial charge in [-0.1, -0.05) is 0 Å². The summed E-state index contributed by atoms with van der Waals surface area (Å²) in [6.07, 6.45) is -4.25. The lowest BCUT2D eigenvalue weighted by Crippen LogP contribution is -2.21. The normalized spacial score (nSPS) is 11.4. The van der Waals surface area contributed by atoms with Gasteiger partial charge in [0.15, 0.2) is 0 Å². The zero-order chi connectivity index (χ0) is 13.9. The maximum Gasteiger partial charge on any atom is 0.573 e. The Balaban J connectivity index is 3.25. The highest BCUT2D eigenvalue weighted by atomic mass is 19.4. The van der Waals surface area contributed by atoms with E-state index in [9.17, 15) is 18.0 Å². The Hall–Kier alpha value is -1.83. The first-order valence-corrected chi connectivity index (χ1v) is 4.89. The quantitative estimate of drug-likeness (QED) is 0.857. The topological polar surface area (TPSA) is 85.4 Å². The molecule has 18 heavy (non-hydrogen) atoms. The number of halogens is 3. The molecule has 0 radical (unpaired) electrons. The monoisotopic (exact) mass is 264 g/mol. The van der Waals surface area contributed by atoms with Crippen LogP contribution in [0.5, 0.6) is 5.75 Å². The Bertz CT molecular complexity index is 460. The molecule has 1 aromatic rings. The van der Waals surface area contributed by atoms with Crippen LogP contribution in [-0.4, -0.2) is 22.4 Å². The molecule has 0 saturated heterocycles. The van der Waals surface area contributed by atoms with Gasteiger partial charge in [0.05, 0.1) is 12.1 Å². The fraction of sp³-hybridized carbons (Fsp3) is 0.400. The number of nitrogens with zero attached hydrogens (tertiary/aromatic N) is 1. The third kappa shape index (κ3) is 3.59. The fourth-order valence-electron chi connectivity index (χ4n) is 1.44. The van der Waals surface area contributed by atoms with E-state index >= 15 is 0 Å². The molecule has 0 atom stereocenters. The van der Waals surface area contributed by atoms with Crippen molar-refractivity contribution in [2.75, 3.05) is 0 Å². The van der Waals surface area contributed by atoms with Gasteiger partial charge in [-0.25, -0.2) is 0 Å². The van der Waals surface area contributed by atoms with Gasteiger partial charge in [0.2, 0.25) is 0 Å². The summed E-state index contributed by atoms with van der Waals surface area (Å²) in [5.74, 6) is -1.68. The van der Waals surface area contributed by atoms with Gasteiger partial charge in [0.1, 0.15) is 5.75 Å². The number of carboxylic acids is 1. The molecule has 1 heterocycles. The van der Waals surface area contributed by atoms with Gasteiger partial charge in [0, 0.05) is 23.9 Å². The van der Waals surface area contributed by atoms with E-state index in [-0.39, 0.29) is 23.4 Å². The van der Waals surface area contributed by atoms with E-state index in [1.165, 1.54) is 6.92 Å². The van der Waals surface area contributed by atoms with Crippen LogP contribution in [0.15, 0.2) is 6.20 Å². The maximum absolute atomic E-state index is 12.2. The van der Waals surface area contributed by atoms with Crippen molar-refractivity contribution in [2.45, 2.75) is 26.3 Å². The first-order chi connectivity index (χ1) is 8.24. The smallest absolute Gasteiger partial charge is 0.481 e. The van der Waals surface area contributed by atoms with Gasteiger partial charge in [-0.15, -0.1) is 13.2 Å². The average Bonchev–Trinajstić information content (AvgIpc) is 2.20. The van der Waals surface area contributed by atoms with Crippen LogP contribution < -0.4 is 10.5 Å². The number of alkyl halides is 3. The van der Waals surface area contributed by atoms with Crippen molar-refractivity contribution in [3.05, 3.63) is 23.0 Å². The van der Waals surface area contributed by atoms with Crippen LogP contribution in [0.3, 0.4) is 0 Å². The fourth-order valence-corrected chi connectivity index (χ4v) is 1.44. The lowest BCUT2D eigenvalue weighted by Gasteiger charge is -2.16. The molecule has 0 bridgehead atoms. The minimum absolute atomic E-state index is 0.0325. The minimum atomic E-state index is -4.86. The largest absolute Gasteiger partial charge is 0.573 e. The molecule has 0 aliphatic heterocycles. The van der Waals surface area contributed by atoms with E-state index in [2.05, 4.69) is 9.72 Å². The van der Waals surface area contributed by atoms with Crippen LogP contribution in [0.4, 0.5) is 13.2 Å². The second-order valence-corrected chi connectivity index (χ2v) is 3.52. The number of aryl methyl sites for hydroxylation is 1. The van der Waals surface area contributed by atoms with Crippen LogP contribution in [-0.2, 0) is 17.8 Å². The molecule has 100 valence electrons. The maximum atomic E-state index is 12.2. The van der Waals surface area contributed by atoms with Gasteiger partial charge >= 0.3 is 12.3 Å². The molecule has 8 heteroatoms. The Kier molecular flexibility index (Phi) is 4.12. The number of ether oxygens (including phenoxy) is 1. The summed E-state index contributed by atoms with van der Waals surface area (Å²) in [6, 6.07) is 0. The molecule has 1 aromatic heterocycles. The lowest BCUT2D eigenvalue weighted by atomic mass is 10.1. The molecule has 0 aromatic carbocycles. The Labute approximate surface area is 100 Å². The molecule has 5 nitrogen and oxygen atoms in total. The Morgan fingerprint density at radius 1 is 1.56 bits per heavy atom. The third-order valence-corrected chi connectivity index (χ3v) is 2.14. The van der Waals surface area contributed by atoms with E-state index in [0.717, 1.165) is 6.20 Å². The SMILES string of the molecule is Cc1cnc(CC(=O)O)c(CN)c1OC(F)(F)F. The highest BCUT2D eigenvalue weighted by molar-refractivity contribution is 5.70. The van der Waals surface area contributed by atoms with Gasteiger partial charge in [0.25, 0.3) is 0 Å². The number of hydrogen-bond acceptors (Lipinski definition) is 4. The molecule has 0 aliphatic carbocycles. The summed E-state index contributed by atoms with van der Waals surface area (Å²) >= 11 is 0. The molecule has 0 spiro atoms. The Morgan fingerprint density at radius 3 is 2.61 bits per heavy atom. The average molecular weight is 264 g/mol. The van der Waals surface area contributed by atoms with Crippen LogP contribution in [0.25, 0.3) is 0 Å². The predicted octanol–water partition coefficient (Wildman–Crippen LogP) is 1.37. The molecule has 0 saturated carbocycles.